The van der Waals surface area contributed by atoms with Gasteiger partial charge in [0.2, 0.25) is 0 Å². The number of nitrogens with zero attached hydrogens (tertiary/aromatic N) is 3. The van der Waals surface area contributed by atoms with Crippen LogP contribution < -0.4 is 16.6 Å². The Labute approximate surface area is 205 Å². The summed E-state index contributed by atoms with van der Waals surface area (Å²) in [7, 11) is -3.32. The number of carbonyl (C=O) groups excluding carboxylic acids is 1. The molecule has 0 bridgehead atoms. The molecule has 0 saturated carbocycles. The van der Waals surface area contributed by atoms with E-state index in [0.717, 1.165) is 11.8 Å². The van der Waals surface area contributed by atoms with Crippen LogP contribution in [0.25, 0.3) is 22.3 Å². The first-order valence-corrected chi connectivity index (χ1v) is 13.2. The predicted molar refractivity (Wildman–Crippen MR) is 135 cm³/mol. The number of carbonyl (C=O) groups is 1. The first-order valence-electron chi connectivity index (χ1n) is 11.3. The van der Waals surface area contributed by atoms with Crippen molar-refractivity contribution in [3.8, 4) is 11.1 Å². The number of hydrogen-bond acceptors (Lipinski definition) is 6. The molecule has 0 spiro atoms. The van der Waals surface area contributed by atoms with Crippen LogP contribution in [0, 0.1) is 0 Å². The largest absolute Gasteiger partial charge is 0.327 e. The minimum absolute atomic E-state index is 0.0684. The molecule has 1 aromatic carbocycles. The summed E-state index contributed by atoms with van der Waals surface area (Å²) < 4.78 is 25.1. The monoisotopic (exact) mass is 508 g/mol. The zero-order chi connectivity index (χ0) is 25.4. The number of imidazole rings is 1. The molecule has 0 radical (unpaired) electrons. The van der Waals surface area contributed by atoms with Crippen LogP contribution in [0.1, 0.15) is 18.9 Å². The Hall–Kier alpha value is -4.19. The number of H-pyrrole nitrogens is 2. The van der Waals surface area contributed by atoms with Crippen LogP contribution in [-0.4, -0.2) is 58.2 Å². The van der Waals surface area contributed by atoms with E-state index < -0.39 is 21.4 Å². The van der Waals surface area contributed by atoms with E-state index in [9.17, 15) is 22.8 Å². The quantitative estimate of drug-likeness (QED) is 0.385. The van der Waals surface area contributed by atoms with Gasteiger partial charge in [-0.2, -0.15) is 0 Å². The van der Waals surface area contributed by atoms with Gasteiger partial charge < -0.3 is 15.2 Å². The molecular formula is C24H24N6O5S. The lowest BCUT2D eigenvalue weighted by Gasteiger charge is -2.32. The third-order valence-electron chi connectivity index (χ3n) is 6.37. The molecule has 0 aliphatic carbocycles. The molecule has 3 N–H and O–H groups in total. The van der Waals surface area contributed by atoms with Crippen LogP contribution in [0.3, 0.4) is 0 Å². The van der Waals surface area contributed by atoms with Crippen molar-refractivity contribution in [2.75, 3.05) is 24.7 Å². The Balaban J connectivity index is 1.28. The second kappa shape index (κ2) is 9.11. The van der Waals surface area contributed by atoms with Crippen LogP contribution >= 0.6 is 0 Å². The molecule has 1 aliphatic rings. The third-order valence-corrected chi connectivity index (χ3v) is 7.50. The van der Waals surface area contributed by atoms with E-state index in [0.29, 0.717) is 42.7 Å². The van der Waals surface area contributed by atoms with Gasteiger partial charge in [0.1, 0.15) is 5.69 Å². The van der Waals surface area contributed by atoms with E-state index in [4.69, 9.17) is 0 Å². The smallest absolute Gasteiger partial charge is 0.327 e. The van der Waals surface area contributed by atoms with Gasteiger partial charge in [0.25, 0.3) is 5.56 Å². The Kier molecular flexibility index (Phi) is 5.96. The number of likely N-dealkylation sites (tertiary alicyclic amines) is 1. The summed E-state index contributed by atoms with van der Waals surface area (Å²) in [6.45, 7) is 0.834. The molecular weight excluding hydrogens is 484 g/mol. The van der Waals surface area contributed by atoms with Gasteiger partial charge in [0.05, 0.1) is 10.4 Å². The third kappa shape index (κ3) is 4.54. The second-order valence-electron chi connectivity index (χ2n) is 8.75. The summed E-state index contributed by atoms with van der Waals surface area (Å²) in [5, 5.41) is 2.68. The van der Waals surface area contributed by atoms with Gasteiger partial charge in [-0.1, -0.05) is 12.1 Å². The maximum Gasteiger partial charge on any atom is 0.327 e. The second-order valence-corrected chi connectivity index (χ2v) is 10.8. The van der Waals surface area contributed by atoms with Crippen molar-refractivity contribution in [2.45, 2.75) is 23.8 Å². The highest BCUT2D eigenvalue weighted by molar-refractivity contribution is 7.90. The molecule has 0 unspecified atom stereocenters. The fourth-order valence-corrected chi connectivity index (χ4v) is 5.11. The molecule has 0 atom stereocenters. The molecule has 1 saturated heterocycles. The fourth-order valence-electron chi connectivity index (χ4n) is 4.48. The van der Waals surface area contributed by atoms with Gasteiger partial charge in [-0.3, -0.25) is 14.3 Å². The Morgan fingerprint density at radius 2 is 1.81 bits per heavy atom. The summed E-state index contributed by atoms with van der Waals surface area (Å²) in [6.07, 6.45) is 5.43. The summed E-state index contributed by atoms with van der Waals surface area (Å²) in [6, 6.07) is 11.0. The first kappa shape index (κ1) is 23.5. The van der Waals surface area contributed by atoms with E-state index in [1.807, 2.05) is 6.07 Å². The standard InChI is InChI=1S/C24H24N6O5S/c1-36(34,35)18-6-4-15(5-7-18)16-13-19(22(31)26-14-16)27-23(32)29-11-8-17(9-12-29)30-20-3-2-10-25-21(20)28-24(30)33/h2-7,10,13-14,17H,8-9,11-12H2,1H3,(H,26,31)(H,27,32)(H,25,28,33). The number of amides is 2. The predicted octanol–water partition coefficient (Wildman–Crippen LogP) is 2.35. The number of piperidine rings is 1. The lowest BCUT2D eigenvalue weighted by atomic mass is 10.0. The highest BCUT2D eigenvalue weighted by Gasteiger charge is 2.26. The topological polar surface area (TPSA) is 150 Å². The number of urea groups is 1. The Morgan fingerprint density at radius 3 is 2.50 bits per heavy atom. The van der Waals surface area contributed by atoms with Crippen molar-refractivity contribution in [1.82, 2.24) is 24.4 Å². The van der Waals surface area contributed by atoms with Crippen molar-refractivity contribution in [2.24, 2.45) is 0 Å². The molecule has 4 heterocycles. The van der Waals surface area contributed by atoms with Crippen molar-refractivity contribution in [3.05, 3.63) is 75.7 Å². The highest BCUT2D eigenvalue weighted by atomic mass is 32.2. The zero-order valence-corrected chi connectivity index (χ0v) is 20.2. The molecule has 12 heteroatoms. The minimum Gasteiger partial charge on any atom is -0.327 e. The molecule has 1 aliphatic heterocycles. The molecule has 4 aromatic rings. The number of fused-ring (bicyclic) bond motifs is 1. The lowest BCUT2D eigenvalue weighted by molar-refractivity contribution is 0.184. The number of rotatable bonds is 4. The van der Waals surface area contributed by atoms with Gasteiger partial charge in [-0.25, -0.2) is 23.0 Å². The number of nitrogens with one attached hydrogen (secondary N) is 3. The molecule has 36 heavy (non-hydrogen) atoms. The maximum atomic E-state index is 12.9. The van der Waals surface area contributed by atoms with Crippen molar-refractivity contribution in [1.29, 1.82) is 0 Å². The summed E-state index contributed by atoms with van der Waals surface area (Å²) in [4.78, 5) is 49.1. The van der Waals surface area contributed by atoms with Gasteiger partial charge in [0.15, 0.2) is 15.5 Å². The van der Waals surface area contributed by atoms with Crippen molar-refractivity contribution in [3.63, 3.8) is 0 Å². The van der Waals surface area contributed by atoms with Crippen LogP contribution in [0.2, 0.25) is 0 Å². The first-order chi connectivity index (χ1) is 17.2. The van der Waals surface area contributed by atoms with E-state index >= 15 is 0 Å². The number of anilines is 1. The van der Waals surface area contributed by atoms with Crippen LogP contribution in [0.5, 0.6) is 0 Å². The van der Waals surface area contributed by atoms with Gasteiger partial charge in [-0.15, -0.1) is 0 Å². The SMILES string of the molecule is CS(=O)(=O)c1ccc(-c2c[nH]c(=O)c(NC(=O)N3CCC(n4c(=O)[nH]c5ncccc54)CC3)c2)cc1. The minimum atomic E-state index is -3.32. The summed E-state index contributed by atoms with van der Waals surface area (Å²) >= 11 is 0. The molecule has 186 valence electrons. The van der Waals surface area contributed by atoms with Crippen molar-refractivity contribution < 1.29 is 13.2 Å². The number of aromatic nitrogens is 4. The van der Waals surface area contributed by atoms with Crippen LogP contribution in [0.15, 0.2) is 69.3 Å². The lowest BCUT2D eigenvalue weighted by Crippen LogP contribution is -2.43. The average molecular weight is 509 g/mol. The number of aromatic amines is 2. The van der Waals surface area contributed by atoms with E-state index in [-0.39, 0.29) is 22.3 Å². The Bertz CT molecular complexity index is 1660. The van der Waals surface area contributed by atoms with Gasteiger partial charge >= 0.3 is 11.7 Å². The molecule has 1 fully saturated rings. The summed E-state index contributed by atoms with van der Waals surface area (Å²) in [5.74, 6) is 0. The maximum absolute atomic E-state index is 12.9. The molecule has 5 rings (SSSR count). The molecule has 3 aromatic heterocycles. The van der Waals surface area contributed by atoms with Crippen LogP contribution in [-0.2, 0) is 9.84 Å². The summed E-state index contributed by atoms with van der Waals surface area (Å²) in [5.41, 5.74) is 1.99. The number of benzene rings is 1. The van der Waals surface area contributed by atoms with Gasteiger partial charge in [-0.05, 0) is 48.7 Å². The fraction of sp³-hybridized carbons (Fsp3) is 0.250. The molecule has 2 amide bonds. The number of sulfone groups is 1. The normalized spacial score (nSPS) is 14.8. The highest BCUT2D eigenvalue weighted by Crippen LogP contribution is 2.25. The molecule has 11 nitrogen and oxygen atoms in total. The zero-order valence-electron chi connectivity index (χ0n) is 19.4. The van der Waals surface area contributed by atoms with E-state index in [1.54, 1.807) is 39.9 Å². The van der Waals surface area contributed by atoms with Crippen molar-refractivity contribution >= 4 is 32.7 Å². The van der Waals surface area contributed by atoms with E-state index in [2.05, 4.69) is 20.3 Å². The van der Waals surface area contributed by atoms with Gasteiger partial charge in [0, 0.05) is 43.3 Å². The average Bonchev–Trinajstić information content (AvgIpc) is 3.20. The van der Waals surface area contributed by atoms with Crippen LogP contribution in [0.4, 0.5) is 10.5 Å². The Morgan fingerprint density at radius 1 is 1.08 bits per heavy atom. The number of pyridine rings is 2. The number of hydrogen-bond donors (Lipinski definition) is 3. The van der Waals surface area contributed by atoms with E-state index in [1.165, 1.54) is 18.3 Å².